The first-order chi connectivity index (χ1) is 14.9. The molecule has 2 fully saturated rings. The highest BCUT2D eigenvalue weighted by atomic mass is 32.2. The highest BCUT2D eigenvalue weighted by Gasteiger charge is 2.29. The largest absolute Gasteiger partial charge is 0.495 e. The molecule has 2 saturated heterocycles. The van der Waals surface area contributed by atoms with Crippen molar-refractivity contribution in [3.8, 4) is 5.75 Å². The first kappa shape index (κ1) is 24.0. The predicted molar refractivity (Wildman–Crippen MR) is 119 cm³/mol. The van der Waals surface area contributed by atoms with Crippen molar-refractivity contribution in [1.82, 2.24) is 14.5 Å². The van der Waals surface area contributed by atoms with Gasteiger partial charge in [0.15, 0.2) is 0 Å². The van der Waals surface area contributed by atoms with E-state index in [0.29, 0.717) is 44.5 Å². The number of carbonyl (C=O) groups excluding carboxylic acids is 1. The molecule has 174 valence electrons. The van der Waals surface area contributed by atoms with Crippen molar-refractivity contribution < 1.29 is 22.7 Å². The molecule has 8 nitrogen and oxygen atoms in total. The van der Waals surface area contributed by atoms with E-state index in [1.165, 1.54) is 30.7 Å². The van der Waals surface area contributed by atoms with Crippen molar-refractivity contribution in [2.45, 2.75) is 50.0 Å². The predicted octanol–water partition coefficient (Wildman–Crippen LogP) is 1.64. The minimum absolute atomic E-state index is 0.0984. The SMILES string of the molecule is COc1ccc(CC(=O)NCCCN2CCCC[C@H]2C)cc1S(=O)(=O)N1CCOCC1. The summed E-state index contributed by atoms with van der Waals surface area (Å²) in [7, 11) is -2.26. The Balaban J connectivity index is 1.56. The van der Waals surface area contributed by atoms with Crippen LogP contribution in [0.2, 0.25) is 0 Å². The summed E-state index contributed by atoms with van der Waals surface area (Å²) in [6.45, 7) is 6.39. The number of hydrogen-bond donors (Lipinski definition) is 1. The van der Waals surface area contributed by atoms with E-state index in [1.54, 1.807) is 18.2 Å². The van der Waals surface area contributed by atoms with Crippen LogP contribution in [0, 0.1) is 0 Å². The van der Waals surface area contributed by atoms with Gasteiger partial charge in [0, 0.05) is 32.2 Å². The van der Waals surface area contributed by atoms with Crippen LogP contribution in [0.25, 0.3) is 0 Å². The van der Waals surface area contributed by atoms with Gasteiger partial charge in [0.05, 0.1) is 26.7 Å². The first-order valence-corrected chi connectivity index (χ1v) is 12.6. The molecule has 1 amide bonds. The second kappa shape index (κ2) is 11.3. The molecular weight excluding hydrogens is 418 g/mol. The van der Waals surface area contributed by atoms with Gasteiger partial charge in [-0.3, -0.25) is 4.79 Å². The molecule has 1 N–H and O–H groups in total. The van der Waals surface area contributed by atoms with Crippen LogP contribution in [0.1, 0.15) is 38.2 Å². The van der Waals surface area contributed by atoms with Gasteiger partial charge in [-0.15, -0.1) is 0 Å². The van der Waals surface area contributed by atoms with E-state index >= 15 is 0 Å². The van der Waals surface area contributed by atoms with E-state index in [-0.39, 0.29) is 23.0 Å². The molecule has 2 heterocycles. The molecule has 1 aromatic carbocycles. The number of likely N-dealkylation sites (tertiary alicyclic amines) is 1. The molecule has 1 atom stereocenters. The summed E-state index contributed by atoms with van der Waals surface area (Å²) in [6, 6.07) is 5.54. The molecule has 1 aromatic rings. The molecule has 0 saturated carbocycles. The lowest BCUT2D eigenvalue weighted by atomic mass is 10.0. The van der Waals surface area contributed by atoms with Crippen LogP contribution >= 0.6 is 0 Å². The number of piperidine rings is 1. The Hall–Kier alpha value is -1.68. The van der Waals surface area contributed by atoms with Crippen molar-refractivity contribution in [3.63, 3.8) is 0 Å². The van der Waals surface area contributed by atoms with Gasteiger partial charge in [-0.1, -0.05) is 12.5 Å². The Morgan fingerprint density at radius 3 is 2.71 bits per heavy atom. The Labute approximate surface area is 185 Å². The minimum Gasteiger partial charge on any atom is -0.495 e. The number of carbonyl (C=O) groups is 1. The molecule has 3 rings (SSSR count). The lowest BCUT2D eigenvalue weighted by molar-refractivity contribution is -0.120. The average Bonchev–Trinajstić information content (AvgIpc) is 2.78. The van der Waals surface area contributed by atoms with Crippen molar-refractivity contribution in [2.24, 2.45) is 0 Å². The number of ether oxygens (including phenoxy) is 2. The van der Waals surface area contributed by atoms with Gasteiger partial charge in [-0.25, -0.2) is 8.42 Å². The topological polar surface area (TPSA) is 88.2 Å². The maximum Gasteiger partial charge on any atom is 0.246 e. The van der Waals surface area contributed by atoms with E-state index < -0.39 is 10.0 Å². The zero-order chi connectivity index (χ0) is 22.3. The van der Waals surface area contributed by atoms with Gasteiger partial charge >= 0.3 is 0 Å². The molecule has 31 heavy (non-hydrogen) atoms. The molecule has 0 aliphatic carbocycles. The van der Waals surface area contributed by atoms with Gasteiger partial charge in [-0.2, -0.15) is 4.31 Å². The van der Waals surface area contributed by atoms with Crippen LogP contribution in [0.4, 0.5) is 0 Å². The summed E-state index contributed by atoms with van der Waals surface area (Å²) < 4.78 is 38.1. The van der Waals surface area contributed by atoms with Gasteiger partial charge in [-0.05, 0) is 50.4 Å². The highest BCUT2D eigenvalue weighted by molar-refractivity contribution is 7.89. The molecule has 0 aromatic heterocycles. The third-order valence-corrected chi connectivity index (χ3v) is 7.99. The lowest BCUT2D eigenvalue weighted by Gasteiger charge is -2.33. The molecule has 0 spiro atoms. The Kier molecular flexibility index (Phi) is 8.71. The summed E-state index contributed by atoms with van der Waals surface area (Å²) in [4.78, 5) is 15.0. The van der Waals surface area contributed by atoms with Crippen LogP contribution in [0.5, 0.6) is 5.75 Å². The number of nitrogens with one attached hydrogen (secondary N) is 1. The monoisotopic (exact) mass is 453 g/mol. The molecule has 0 unspecified atom stereocenters. The average molecular weight is 454 g/mol. The lowest BCUT2D eigenvalue weighted by Crippen LogP contribution is -2.40. The summed E-state index contributed by atoms with van der Waals surface area (Å²) in [5.74, 6) is 0.179. The van der Waals surface area contributed by atoms with Crippen molar-refractivity contribution >= 4 is 15.9 Å². The molecule has 0 radical (unpaired) electrons. The fourth-order valence-corrected chi connectivity index (χ4v) is 5.82. The number of nitrogens with zero attached hydrogens (tertiary/aromatic N) is 2. The summed E-state index contributed by atoms with van der Waals surface area (Å²) >= 11 is 0. The van der Waals surface area contributed by atoms with Crippen LogP contribution in [-0.2, 0) is 26.0 Å². The van der Waals surface area contributed by atoms with Crippen molar-refractivity contribution in [2.75, 3.05) is 53.0 Å². The third kappa shape index (κ3) is 6.41. The molecular formula is C22H35N3O5S. The van der Waals surface area contributed by atoms with Gasteiger partial charge in [0.1, 0.15) is 10.6 Å². The van der Waals surface area contributed by atoms with E-state index in [9.17, 15) is 13.2 Å². The van der Waals surface area contributed by atoms with Crippen LogP contribution in [0.3, 0.4) is 0 Å². The number of morpholine rings is 1. The summed E-state index contributed by atoms with van der Waals surface area (Å²) in [6.07, 6.45) is 4.86. The first-order valence-electron chi connectivity index (χ1n) is 11.2. The number of amides is 1. The molecule has 2 aliphatic heterocycles. The van der Waals surface area contributed by atoms with Crippen molar-refractivity contribution in [3.05, 3.63) is 23.8 Å². The normalized spacial score (nSPS) is 21.0. The summed E-state index contributed by atoms with van der Waals surface area (Å²) in [5, 5.41) is 2.96. The Morgan fingerprint density at radius 1 is 1.23 bits per heavy atom. The van der Waals surface area contributed by atoms with Crippen LogP contribution in [0.15, 0.2) is 23.1 Å². The van der Waals surface area contributed by atoms with Gasteiger partial charge in [0.2, 0.25) is 15.9 Å². The smallest absolute Gasteiger partial charge is 0.246 e. The van der Waals surface area contributed by atoms with Gasteiger partial charge in [0.25, 0.3) is 0 Å². The zero-order valence-electron chi connectivity index (χ0n) is 18.6. The number of methoxy groups -OCH3 is 1. The van der Waals surface area contributed by atoms with E-state index in [4.69, 9.17) is 9.47 Å². The molecule has 9 heteroatoms. The fraction of sp³-hybridized carbons (Fsp3) is 0.682. The van der Waals surface area contributed by atoms with E-state index in [1.807, 2.05) is 0 Å². The third-order valence-electron chi connectivity index (χ3n) is 6.07. The maximum atomic E-state index is 13.1. The quantitative estimate of drug-likeness (QED) is 0.572. The van der Waals surface area contributed by atoms with Crippen LogP contribution < -0.4 is 10.1 Å². The minimum atomic E-state index is -3.71. The van der Waals surface area contributed by atoms with E-state index in [0.717, 1.165) is 19.5 Å². The number of benzene rings is 1. The van der Waals surface area contributed by atoms with Gasteiger partial charge < -0.3 is 19.7 Å². The van der Waals surface area contributed by atoms with E-state index in [2.05, 4.69) is 17.1 Å². The van der Waals surface area contributed by atoms with Crippen LogP contribution in [-0.4, -0.2) is 82.6 Å². The second-order valence-electron chi connectivity index (χ2n) is 8.26. The number of rotatable bonds is 9. The highest BCUT2D eigenvalue weighted by Crippen LogP contribution is 2.28. The Bertz CT molecular complexity index is 840. The fourth-order valence-electron chi connectivity index (χ4n) is 4.21. The number of hydrogen-bond acceptors (Lipinski definition) is 6. The Morgan fingerprint density at radius 2 is 2.00 bits per heavy atom. The molecule has 0 bridgehead atoms. The second-order valence-corrected chi connectivity index (χ2v) is 10.2. The number of sulfonamides is 1. The zero-order valence-corrected chi connectivity index (χ0v) is 19.5. The summed E-state index contributed by atoms with van der Waals surface area (Å²) in [5.41, 5.74) is 0.648. The molecule has 2 aliphatic rings. The maximum absolute atomic E-state index is 13.1. The standard InChI is InChI=1S/C22H35N3O5S/c1-18-6-3-4-10-24(18)11-5-9-23-22(26)17-19-7-8-20(29-2)21(16-19)31(27,28)25-12-14-30-15-13-25/h7-8,16,18H,3-6,9-15,17H2,1-2H3,(H,23,26)/t18-/m1/s1. The van der Waals surface area contributed by atoms with Crippen molar-refractivity contribution in [1.29, 1.82) is 0 Å².